The van der Waals surface area contributed by atoms with Crippen molar-refractivity contribution in [3.8, 4) is 0 Å². The van der Waals surface area contributed by atoms with Gasteiger partial charge in [0, 0.05) is 18.7 Å². The van der Waals surface area contributed by atoms with Crippen LogP contribution in [0.2, 0.25) is 0 Å². The van der Waals surface area contributed by atoms with Crippen LogP contribution in [0.4, 0.5) is 5.69 Å². The Balaban J connectivity index is 2.32. The number of carbonyl (C=O) groups is 1. The second-order valence-corrected chi connectivity index (χ2v) is 7.36. The van der Waals surface area contributed by atoms with Crippen molar-refractivity contribution >= 4 is 53.5 Å². The van der Waals surface area contributed by atoms with E-state index in [1.807, 2.05) is 0 Å². The first-order valence-electron chi connectivity index (χ1n) is 4.92. The number of hydrogen-bond acceptors (Lipinski definition) is 4. The summed E-state index contributed by atoms with van der Waals surface area (Å²) >= 11 is 6.43. The summed E-state index contributed by atoms with van der Waals surface area (Å²) in [5.74, 6) is -0.265. The van der Waals surface area contributed by atoms with Crippen LogP contribution >= 0.6 is 31.9 Å². The molecule has 0 saturated carbocycles. The maximum absolute atomic E-state index is 11.8. The third kappa shape index (κ3) is 2.90. The van der Waals surface area contributed by atoms with Crippen LogP contribution < -0.4 is 10.0 Å². The maximum atomic E-state index is 11.8. The SMILES string of the molecule is NS(=O)(=O)C1CC(=O)N(c2cc(Br)nc(Br)c2)C1. The molecule has 1 saturated heterocycles. The molecule has 2 heterocycles. The number of anilines is 1. The van der Waals surface area contributed by atoms with E-state index in [-0.39, 0.29) is 18.9 Å². The molecule has 0 bridgehead atoms. The fourth-order valence-electron chi connectivity index (χ4n) is 1.75. The summed E-state index contributed by atoms with van der Waals surface area (Å²) in [4.78, 5) is 17.3. The Morgan fingerprint density at radius 3 is 2.33 bits per heavy atom. The lowest BCUT2D eigenvalue weighted by Crippen LogP contribution is -2.32. The summed E-state index contributed by atoms with van der Waals surface area (Å²) in [5.41, 5.74) is 0.583. The van der Waals surface area contributed by atoms with Gasteiger partial charge in [-0.05, 0) is 44.0 Å². The molecule has 18 heavy (non-hydrogen) atoms. The van der Waals surface area contributed by atoms with E-state index in [1.54, 1.807) is 12.1 Å². The molecular weight excluding hydrogens is 390 g/mol. The first kappa shape index (κ1) is 13.9. The summed E-state index contributed by atoms with van der Waals surface area (Å²) in [6.45, 7) is 0.0700. The minimum Gasteiger partial charge on any atom is -0.311 e. The van der Waals surface area contributed by atoms with E-state index < -0.39 is 15.3 Å². The zero-order valence-electron chi connectivity index (χ0n) is 9.01. The molecule has 2 rings (SSSR count). The number of nitrogens with zero attached hydrogens (tertiary/aromatic N) is 2. The Bertz CT molecular complexity index is 585. The van der Waals surface area contributed by atoms with Gasteiger partial charge in [0.15, 0.2) is 0 Å². The smallest absolute Gasteiger partial charge is 0.228 e. The Labute approximate surface area is 121 Å². The summed E-state index contributed by atoms with van der Waals surface area (Å²) < 4.78 is 23.6. The van der Waals surface area contributed by atoms with Gasteiger partial charge in [-0.1, -0.05) is 0 Å². The number of primary sulfonamides is 1. The number of halogens is 2. The van der Waals surface area contributed by atoms with Gasteiger partial charge in [0.2, 0.25) is 15.9 Å². The second kappa shape index (κ2) is 4.87. The third-order valence-electron chi connectivity index (χ3n) is 2.61. The Morgan fingerprint density at radius 1 is 1.33 bits per heavy atom. The molecule has 0 aromatic carbocycles. The van der Waals surface area contributed by atoms with Crippen LogP contribution in [-0.2, 0) is 14.8 Å². The molecule has 2 N–H and O–H groups in total. The normalized spacial score (nSPS) is 20.5. The van der Waals surface area contributed by atoms with Crippen LogP contribution in [0.1, 0.15) is 6.42 Å². The van der Waals surface area contributed by atoms with Crippen molar-refractivity contribution in [3.63, 3.8) is 0 Å². The zero-order chi connectivity index (χ0) is 13.5. The first-order valence-corrected chi connectivity index (χ1v) is 8.12. The average Bonchev–Trinajstić information content (AvgIpc) is 2.58. The third-order valence-corrected chi connectivity index (χ3v) is 4.67. The quantitative estimate of drug-likeness (QED) is 0.752. The number of hydrogen-bond donors (Lipinski definition) is 1. The van der Waals surface area contributed by atoms with E-state index >= 15 is 0 Å². The summed E-state index contributed by atoms with van der Waals surface area (Å²) in [7, 11) is -3.70. The van der Waals surface area contributed by atoms with Crippen molar-refractivity contribution in [2.24, 2.45) is 5.14 Å². The number of sulfonamides is 1. The van der Waals surface area contributed by atoms with Crippen LogP contribution in [0.3, 0.4) is 0 Å². The molecule has 1 aromatic heterocycles. The highest BCUT2D eigenvalue weighted by Crippen LogP contribution is 2.28. The minimum atomic E-state index is -3.70. The highest BCUT2D eigenvalue weighted by atomic mass is 79.9. The maximum Gasteiger partial charge on any atom is 0.228 e. The van der Waals surface area contributed by atoms with Gasteiger partial charge < -0.3 is 4.90 Å². The molecule has 0 aliphatic carbocycles. The summed E-state index contributed by atoms with van der Waals surface area (Å²) in [6, 6.07) is 3.29. The first-order chi connectivity index (χ1) is 8.27. The number of rotatable bonds is 2. The van der Waals surface area contributed by atoms with Crippen LogP contribution in [-0.4, -0.2) is 31.1 Å². The van der Waals surface area contributed by atoms with Crippen LogP contribution in [0.15, 0.2) is 21.3 Å². The summed E-state index contributed by atoms with van der Waals surface area (Å²) in [5, 5.41) is 4.21. The van der Waals surface area contributed by atoms with Gasteiger partial charge in [-0.2, -0.15) is 0 Å². The lowest BCUT2D eigenvalue weighted by atomic mass is 10.4. The van der Waals surface area contributed by atoms with Gasteiger partial charge in [-0.3, -0.25) is 4.79 Å². The fourth-order valence-corrected chi connectivity index (χ4v) is 3.57. The molecule has 1 unspecified atom stereocenters. The second-order valence-electron chi connectivity index (χ2n) is 3.89. The van der Waals surface area contributed by atoms with Crippen molar-refractivity contribution in [1.29, 1.82) is 0 Å². The average molecular weight is 399 g/mol. The predicted molar refractivity (Wildman–Crippen MR) is 73.5 cm³/mol. The highest BCUT2D eigenvalue weighted by Gasteiger charge is 2.37. The zero-order valence-corrected chi connectivity index (χ0v) is 13.0. The van der Waals surface area contributed by atoms with Crippen LogP contribution in [0.25, 0.3) is 0 Å². The van der Waals surface area contributed by atoms with E-state index in [1.165, 1.54) is 4.90 Å². The molecule has 0 spiro atoms. The van der Waals surface area contributed by atoms with Crippen LogP contribution in [0, 0.1) is 0 Å². The number of nitrogens with two attached hydrogens (primary N) is 1. The van der Waals surface area contributed by atoms with Gasteiger partial charge in [0.1, 0.15) is 14.5 Å². The molecule has 6 nitrogen and oxygen atoms in total. The van der Waals surface area contributed by atoms with E-state index in [4.69, 9.17) is 5.14 Å². The molecule has 1 fully saturated rings. The number of amides is 1. The Kier molecular flexibility index (Phi) is 3.77. The van der Waals surface area contributed by atoms with Crippen molar-refractivity contribution < 1.29 is 13.2 Å². The van der Waals surface area contributed by atoms with Crippen molar-refractivity contribution in [2.75, 3.05) is 11.4 Å². The van der Waals surface area contributed by atoms with E-state index in [0.29, 0.717) is 14.9 Å². The predicted octanol–water partition coefficient (Wildman–Crippen LogP) is 1.00. The van der Waals surface area contributed by atoms with E-state index in [2.05, 4.69) is 36.8 Å². The van der Waals surface area contributed by atoms with Gasteiger partial charge in [-0.25, -0.2) is 18.5 Å². The van der Waals surface area contributed by atoms with Gasteiger partial charge in [-0.15, -0.1) is 0 Å². The number of aromatic nitrogens is 1. The highest BCUT2D eigenvalue weighted by molar-refractivity contribution is 9.11. The van der Waals surface area contributed by atoms with Gasteiger partial charge >= 0.3 is 0 Å². The van der Waals surface area contributed by atoms with Gasteiger partial charge in [0.05, 0.1) is 0 Å². The number of pyridine rings is 1. The fraction of sp³-hybridized carbons (Fsp3) is 0.333. The molecule has 98 valence electrons. The lowest BCUT2D eigenvalue weighted by molar-refractivity contribution is -0.117. The molecule has 1 aliphatic rings. The largest absolute Gasteiger partial charge is 0.311 e. The number of carbonyl (C=O) groups excluding carboxylic acids is 1. The monoisotopic (exact) mass is 397 g/mol. The molecular formula is C9H9Br2N3O3S. The lowest BCUT2D eigenvalue weighted by Gasteiger charge is -2.16. The van der Waals surface area contributed by atoms with Crippen molar-refractivity contribution in [3.05, 3.63) is 21.3 Å². The molecule has 1 aliphatic heterocycles. The molecule has 0 radical (unpaired) electrons. The van der Waals surface area contributed by atoms with E-state index in [0.717, 1.165) is 0 Å². The Morgan fingerprint density at radius 2 is 1.89 bits per heavy atom. The van der Waals surface area contributed by atoms with Crippen LogP contribution in [0.5, 0.6) is 0 Å². The summed E-state index contributed by atoms with van der Waals surface area (Å²) in [6.07, 6.45) is -0.0869. The molecule has 1 amide bonds. The van der Waals surface area contributed by atoms with Crippen molar-refractivity contribution in [2.45, 2.75) is 11.7 Å². The van der Waals surface area contributed by atoms with Gasteiger partial charge in [0.25, 0.3) is 0 Å². The standard InChI is InChI=1S/C9H9Br2N3O3S/c10-7-1-5(2-8(11)13-7)14-4-6(3-9(14)15)18(12,16)17/h1-2,6H,3-4H2,(H2,12,16,17). The molecule has 9 heteroatoms. The van der Waals surface area contributed by atoms with E-state index in [9.17, 15) is 13.2 Å². The molecule has 1 aromatic rings. The Hall–Kier alpha value is -0.510. The minimum absolute atomic E-state index is 0.0700. The van der Waals surface area contributed by atoms with Crippen molar-refractivity contribution in [1.82, 2.24) is 4.98 Å². The topological polar surface area (TPSA) is 93.4 Å². The molecule has 1 atom stereocenters.